The highest BCUT2D eigenvalue weighted by atomic mass is 16.5. The highest BCUT2D eigenvalue weighted by molar-refractivity contribution is 5.40. The first-order valence-corrected chi connectivity index (χ1v) is 6.86. The van der Waals surface area contributed by atoms with Crippen molar-refractivity contribution in [2.45, 2.75) is 31.9 Å². The molecule has 4 heteroatoms. The lowest BCUT2D eigenvalue weighted by molar-refractivity contribution is 0.0167. The van der Waals surface area contributed by atoms with Gasteiger partial charge in [-0.25, -0.2) is 0 Å². The Kier molecular flexibility index (Phi) is 5.48. The Morgan fingerprint density at radius 1 is 1.26 bits per heavy atom. The number of hydrogen-bond donors (Lipinski definition) is 1. The SMILES string of the molecule is COc1ccc(OC)c(CNCC2CCCCO2)c1. The molecule has 1 saturated heterocycles. The first kappa shape index (κ1) is 14.2. The molecule has 0 spiro atoms. The molecule has 0 bridgehead atoms. The molecule has 2 rings (SSSR count). The average Bonchev–Trinajstić information content (AvgIpc) is 2.48. The molecule has 1 aromatic rings. The molecule has 4 nitrogen and oxygen atoms in total. The largest absolute Gasteiger partial charge is 0.497 e. The van der Waals surface area contributed by atoms with Crippen molar-refractivity contribution >= 4 is 0 Å². The van der Waals surface area contributed by atoms with Crippen LogP contribution in [0.1, 0.15) is 24.8 Å². The molecule has 0 amide bonds. The molecule has 106 valence electrons. The fourth-order valence-corrected chi connectivity index (χ4v) is 2.36. The van der Waals surface area contributed by atoms with E-state index in [0.29, 0.717) is 6.10 Å². The highest BCUT2D eigenvalue weighted by Crippen LogP contribution is 2.23. The number of nitrogens with one attached hydrogen (secondary N) is 1. The highest BCUT2D eigenvalue weighted by Gasteiger charge is 2.13. The molecule has 19 heavy (non-hydrogen) atoms. The van der Waals surface area contributed by atoms with Gasteiger partial charge < -0.3 is 19.5 Å². The fourth-order valence-electron chi connectivity index (χ4n) is 2.36. The zero-order valence-corrected chi connectivity index (χ0v) is 11.8. The molecule has 1 fully saturated rings. The van der Waals surface area contributed by atoms with Crippen LogP contribution in [0.5, 0.6) is 11.5 Å². The van der Waals surface area contributed by atoms with Gasteiger partial charge in [-0.05, 0) is 37.5 Å². The summed E-state index contributed by atoms with van der Waals surface area (Å²) in [7, 11) is 3.37. The molecule has 1 aliphatic heterocycles. The van der Waals surface area contributed by atoms with E-state index in [4.69, 9.17) is 14.2 Å². The topological polar surface area (TPSA) is 39.7 Å². The van der Waals surface area contributed by atoms with Crippen LogP contribution in [-0.2, 0) is 11.3 Å². The lowest BCUT2D eigenvalue weighted by Crippen LogP contribution is -2.31. The van der Waals surface area contributed by atoms with E-state index in [0.717, 1.165) is 43.2 Å². The van der Waals surface area contributed by atoms with Crippen LogP contribution >= 0.6 is 0 Å². The maximum atomic E-state index is 5.70. The third-order valence-corrected chi connectivity index (χ3v) is 3.45. The zero-order chi connectivity index (χ0) is 13.5. The van der Waals surface area contributed by atoms with Crippen molar-refractivity contribution in [1.82, 2.24) is 5.32 Å². The van der Waals surface area contributed by atoms with Crippen LogP contribution in [0.4, 0.5) is 0 Å². The van der Waals surface area contributed by atoms with Crippen molar-refractivity contribution in [3.63, 3.8) is 0 Å². The molecule has 1 aromatic carbocycles. The Bertz CT molecular complexity index is 389. The van der Waals surface area contributed by atoms with Gasteiger partial charge in [0.1, 0.15) is 11.5 Å². The summed E-state index contributed by atoms with van der Waals surface area (Å²) in [5.41, 5.74) is 1.11. The Morgan fingerprint density at radius 2 is 2.16 bits per heavy atom. The van der Waals surface area contributed by atoms with Gasteiger partial charge in [0.2, 0.25) is 0 Å². The van der Waals surface area contributed by atoms with E-state index < -0.39 is 0 Å². The van der Waals surface area contributed by atoms with Gasteiger partial charge in [-0.3, -0.25) is 0 Å². The van der Waals surface area contributed by atoms with Crippen LogP contribution < -0.4 is 14.8 Å². The first-order valence-electron chi connectivity index (χ1n) is 6.86. The van der Waals surface area contributed by atoms with Crippen LogP contribution in [0.2, 0.25) is 0 Å². The third-order valence-electron chi connectivity index (χ3n) is 3.45. The molecular formula is C15H23NO3. The van der Waals surface area contributed by atoms with Crippen LogP contribution in [0.15, 0.2) is 18.2 Å². The van der Waals surface area contributed by atoms with Crippen LogP contribution in [0.25, 0.3) is 0 Å². The summed E-state index contributed by atoms with van der Waals surface area (Å²) in [5.74, 6) is 1.74. The first-order chi connectivity index (χ1) is 9.33. The Labute approximate surface area is 115 Å². The lowest BCUT2D eigenvalue weighted by Gasteiger charge is -2.23. The Hall–Kier alpha value is -1.26. The maximum absolute atomic E-state index is 5.70. The zero-order valence-electron chi connectivity index (χ0n) is 11.8. The number of hydrogen-bond acceptors (Lipinski definition) is 4. The second-order valence-electron chi connectivity index (χ2n) is 4.80. The average molecular weight is 265 g/mol. The third kappa shape index (κ3) is 4.11. The summed E-state index contributed by atoms with van der Waals surface area (Å²) in [6.45, 7) is 2.55. The molecule has 1 N–H and O–H groups in total. The lowest BCUT2D eigenvalue weighted by atomic mass is 10.1. The normalized spacial score (nSPS) is 19.2. The summed E-state index contributed by atoms with van der Waals surface area (Å²) in [6, 6.07) is 5.85. The van der Waals surface area contributed by atoms with E-state index in [9.17, 15) is 0 Å². The molecule has 1 atom stereocenters. The number of rotatable bonds is 6. The molecular weight excluding hydrogens is 242 g/mol. The van der Waals surface area contributed by atoms with Gasteiger partial charge in [-0.2, -0.15) is 0 Å². The minimum atomic E-state index is 0.352. The van der Waals surface area contributed by atoms with Gasteiger partial charge in [0.15, 0.2) is 0 Å². The molecule has 1 aliphatic rings. The predicted octanol–water partition coefficient (Wildman–Crippen LogP) is 2.36. The van der Waals surface area contributed by atoms with Crippen molar-refractivity contribution in [1.29, 1.82) is 0 Å². The molecule has 0 aliphatic carbocycles. The van der Waals surface area contributed by atoms with E-state index >= 15 is 0 Å². The number of benzene rings is 1. The molecule has 0 saturated carbocycles. The molecule has 0 aromatic heterocycles. The van der Waals surface area contributed by atoms with E-state index in [2.05, 4.69) is 5.32 Å². The predicted molar refractivity (Wildman–Crippen MR) is 74.8 cm³/mol. The van der Waals surface area contributed by atoms with Gasteiger partial charge in [0.05, 0.1) is 20.3 Å². The fraction of sp³-hybridized carbons (Fsp3) is 0.600. The van der Waals surface area contributed by atoms with Gasteiger partial charge in [-0.15, -0.1) is 0 Å². The minimum Gasteiger partial charge on any atom is -0.497 e. The van der Waals surface area contributed by atoms with Gasteiger partial charge >= 0.3 is 0 Å². The Morgan fingerprint density at radius 3 is 2.84 bits per heavy atom. The van der Waals surface area contributed by atoms with E-state index in [1.54, 1.807) is 14.2 Å². The van der Waals surface area contributed by atoms with Gasteiger partial charge in [0.25, 0.3) is 0 Å². The number of ether oxygens (including phenoxy) is 3. The van der Waals surface area contributed by atoms with Gasteiger partial charge in [-0.1, -0.05) is 0 Å². The van der Waals surface area contributed by atoms with Crippen molar-refractivity contribution in [2.24, 2.45) is 0 Å². The van der Waals surface area contributed by atoms with Gasteiger partial charge in [0, 0.05) is 25.3 Å². The monoisotopic (exact) mass is 265 g/mol. The van der Waals surface area contributed by atoms with E-state index in [-0.39, 0.29) is 0 Å². The Balaban J connectivity index is 1.86. The van der Waals surface area contributed by atoms with Crippen molar-refractivity contribution in [2.75, 3.05) is 27.4 Å². The van der Waals surface area contributed by atoms with Crippen molar-refractivity contribution < 1.29 is 14.2 Å². The summed E-state index contributed by atoms with van der Waals surface area (Å²) in [6.07, 6.45) is 3.97. The standard InChI is InChI=1S/C15H23NO3/c1-17-13-6-7-15(18-2)12(9-13)10-16-11-14-5-3-4-8-19-14/h6-7,9,14,16H,3-5,8,10-11H2,1-2H3. The van der Waals surface area contributed by atoms with Crippen LogP contribution in [0.3, 0.4) is 0 Å². The summed E-state index contributed by atoms with van der Waals surface area (Å²) in [4.78, 5) is 0. The second kappa shape index (κ2) is 7.36. The van der Waals surface area contributed by atoms with E-state index in [1.165, 1.54) is 12.8 Å². The molecule has 1 unspecified atom stereocenters. The second-order valence-corrected chi connectivity index (χ2v) is 4.80. The quantitative estimate of drug-likeness (QED) is 0.857. The maximum Gasteiger partial charge on any atom is 0.123 e. The summed E-state index contributed by atoms with van der Waals surface area (Å²) >= 11 is 0. The molecule has 0 radical (unpaired) electrons. The van der Waals surface area contributed by atoms with Crippen LogP contribution in [0, 0.1) is 0 Å². The summed E-state index contributed by atoms with van der Waals surface area (Å²) in [5, 5.41) is 3.44. The molecule has 1 heterocycles. The van der Waals surface area contributed by atoms with Crippen molar-refractivity contribution in [3.05, 3.63) is 23.8 Å². The summed E-state index contributed by atoms with van der Waals surface area (Å²) < 4.78 is 16.3. The van der Waals surface area contributed by atoms with Crippen LogP contribution in [-0.4, -0.2) is 33.5 Å². The van der Waals surface area contributed by atoms with Crippen molar-refractivity contribution in [3.8, 4) is 11.5 Å². The van der Waals surface area contributed by atoms with E-state index in [1.807, 2.05) is 18.2 Å². The smallest absolute Gasteiger partial charge is 0.123 e. The number of methoxy groups -OCH3 is 2. The minimum absolute atomic E-state index is 0.352.